The molecule has 2 aromatic rings. The molecule has 0 saturated carbocycles. The maximum Gasteiger partial charge on any atom is 0.0129 e. The summed E-state index contributed by atoms with van der Waals surface area (Å²) in [4.78, 5) is 0. The minimum Gasteiger partial charge on any atom is -0.100 e. The second-order valence-corrected chi connectivity index (χ2v) is 4.98. The molecular formula is C18H20. The molecule has 0 bridgehead atoms. The highest BCUT2D eigenvalue weighted by Crippen LogP contribution is 2.32. The lowest BCUT2D eigenvalue weighted by molar-refractivity contribution is 0.791. The van der Waals surface area contributed by atoms with Gasteiger partial charge in [0.15, 0.2) is 0 Å². The van der Waals surface area contributed by atoms with E-state index in [1.807, 2.05) is 0 Å². The number of hydrogen-bond acceptors (Lipinski definition) is 0. The van der Waals surface area contributed by atoms with Gasteiger partial charge in [-0.25, -0.2) is 0 Å². The molecule has 0 aliphatic heterocycles. The fourth-order valence-electron chi connectivity index (χ4n) is 2.42. The maximum atomic E-state index is 4.08. The van der Waals surface area contributed by atoms with Gasteiger partial charge in [0.05, 0.1) is 0 Å². The normalized spacial score (nSPS) is 12.1. The molecule has 2 aromatic carbocycles. The molecule has 2 rings (SSSR count). The fraction of sp³-hybridized carbons (Fsp3) is 0.222. The van der Waals surface area contributed by atoms with Crippen molar-refractivity contribution in [2.24, 2.45) is 0 Å². The second kappa shape index (κ2) is 5.68. The van der Waals surface area contributed by atoms with Crippen LogP contribution in [0.15, 0.2) is 66.7 Å². The SMILES string of the molecule is C=C(C)CC(c1ccccc1)c1ccccc1C. The Hall–Kier alpha value is -1.82. The van der Waals surface area contributed by atoms with Gasteiger partial charge in [-0.1, -0.05) is 60.2 Å². The third-order valence-corrected chi connectivity index (χ3v) is 3.32. The van der Waals surface area contributed by atoms with Crippen molar-refractivity contribution < 1.29 is 0 Å². The molecule has 1 atom stereocenters. The standard InChI is InChI=1S/C18H20/c1-14(2)13-18(16-10-5-4-6-11-16)17-12-8-7-9-15(17)3/h4-12,18H,1,13H2,2-3H3. The van der Waals surface area contributed by atoms with Crippen LogP contribution < -0.4 is 0 Å². The van der Waals surface area contributed by atoms with Gasteiger partial charge < -0.3 is 0 Å². The first-order chi connectivity index (χ1) is 8.68. The largest absolute Gasteiger partial charge is 0.100 e. The third-order valence-electron chi connectivity index (χ3n) is 3.32. The Morgan fingerprint density at radius 3 is 2.22 bits per heavy atom. The van der Waals surface area contributed by atoms with Gasteiger partial charge in [0.2, 0.25) is 0 Å². The molecule has 0 spiro atoms. The topological polar surface area (TPSA) is 0 Å². The maximum absolute atomic E-state index is 4.08. The van der Waals surface area contributed by atoms with Crippen LogP contribution in [-0.2, 0) is 0 Å². The Balaban J connectivity index is 2.44. The number of rotatable bonds is 4. The Morgan fingerprint density at radius 2 is 1.61 bits per heavy atom. The second-order valence-electron chi connectivity index (χ2n) is 4.98. The molecule has 0 aliphatic carbocycles. The molecule has 0 heterocycles. The third kappa shape index (κ3) is 2.89. The summed E-state index contributed by atoms with van der Waals surface area (Å²) >= 11 is 0. The average molecular weight is 236 g/mol. The molecule has 1 unspecified atom stereocenters. The first-order valence-corrected chi connectivity index (χ1v) is 6.43. The molecule has 0 aliphatic rings. The zero-order chi connectivity index (χ0) is 13.0. The molecule has 0 nitrogen and oxygen atoms in total. The van der Waals surface area contributed by atoms with E-state index in [-0.39, 0.29) is 0 Å². The van der Waals surface area contributed by atoms with Crippen LogP contribution in [0.1, 0.15) is 36.0 Å². The van der Waals surface area contributed by atoms with Crippen molar-refractivity contribution in [2.45, 2.75) is 26.2 Å². The summed E-state index contributed by atoms with van der Waals surface area (Å²) in [7, 11) is 0. The van der Waals surface area contributed by atoms with E-state index in [1.54, 1.807) is 0 Å². The predicted molar refractivity (Wildman–Crippen MR) is 78.9 cm³/mol. The number of allylic oxidation sites excluding steroid dienone is 1. The van der Waals surface area contributed by atoms with Crippen LogP contribution in [0.3, 0.4) is 0 Å². The molecule has 0 fully saturated rings. The van der Waals surface area contributed by atoms with Crippen molar-refractivity contribution in [3.8, 4) is 0 Å². The lowest BCUT2D eigenvalue weighted by atomic mass is 9.84. The molecular weight excluding hydrogens is 216 g/mol. The van der Waals surface area contributed by atoms with Gasteiger partial charge in [-0.15, -0.1) is 6.58 Å². The van der Waals surface area contributed by atoms with E-state index >= 15 is 0 Å². The van der Waals surface area contributed by atoms with E-state index in [4.69, 9.17) is 0 Å². The van der Waals surface area contributed by atoms with Crippen LogP contribution in [0.25, 0.3) is 0 Å². The zero-order valence-electron chi connectivity index (χ0n) is 11.2. The Labute approximate surface area is 110 Å². The van der Waals surface area contributed by atoms with Gasteiger partial charge in [0.25, 0.3) is 0 Å². The predicted octanol–water partition coefficient (Wildman–Crippen LogP) is 5.09. The summed E-state index contributed by atoms with van der Waals surface area (Å²) in [6.45, 7) is 8.37. The van der Waals surface area contributed by atoms with Gasteiger partial charge in [-0.05, 0) is 37.0 Å². The van der Waals surface area contributed by atoms with E-state index in [1.165, 1.54) is 22.3 Å². The lowest BCUT2D eigenvalue weighted by Gasteiger charge is -2.20. The van der Waals surface area contributed by atoms with E-state index in [2.05, 4.69) is 75.0 Å². The van der Waals surface area contributed by atoms with Gasteiger partial charge in [-0.3, -0.25) is 0 Å². The quantitative estimate of drug-likeness (QED) is 0.648. The first-order valence-electron chi connectivity index (χ1n) is 6.43. The molecule has 0 heteroatoms. The molecule has 92 valence electrons. The van der Waals surface area contributed by atoms with Gasteiger partial charge in [0, 0.05) is 5.92 Å². The first kappa shape index (κ1) is 12.6. The summed E-state index contributed by atoms with van der Waals surface area (Å²) in [5.74, 6) is 0.421. The fourth-order valence-corrected chi connectivity index (χ4v) is 2.42. The summed E-state index contributed by atoms with van der Waals surface area (Å²) < 4.78 is 0. The Kier molecular flexibility index (Phi) is 3.99. The van der Waals surface area contributed by atoms with Crippen LogP contribution in [0.4, 0.5) is 0 Å². The van der Waals surface area contributed by atoms with E-state index in [9.17, 15) is 0 Å². The highest BCUT2D eigenvalue weighted by atomic mass is 14.2. The van der Waals surface area contributed by atoms with Crippen molar-refractivity contribution in [2.75, 3.05) is 0 Å². The van der Waals surface area contributed by atoms with Gasteiger partial charge >= 0.3 is 0 Å². The summed E-state index contributed by atoms with van der Waals surface area (Å²) in [6.07, 6.45) is 1.01. The highest BCUT2D eigenvalue weighted by molar-refractivity contribution is 5.38. The van der Waals surface area contributed by atoms with Crippen molar-refractivity contribution in [1.29, 1.82) is 0 Å². The van der Waals surface area contributed by atoms with Crippen LogP contribution in [0.2, 0.25) is 0 Å². The van der Waals surface area contributed by atoms with Crippen LogP contribution in [-0.4, -0.2) is 0 Å². The summed E-state index contributed by atoms with van der Waals surface area (Å²) in [5.41, 5.74) is 5.36. The van der Waals surface area contributed by atoms with E-state index in [0.717, 1.165) is 6.42 Å². The smallest absolute Gasteiger partial charge is 0.0129 e. The summed E-state index contributed by atoms with van der Waals surface area (Å²) in [6, 6.07) is 19.3. The van der Waals surface area contributed by atoms with Crippen LogP contribution in [0, 0.1) is 6.92 Å². The van der Waals surface area contributed by atoms with Crippen molar-refractivity contribution in [3.63, 3.8) is 0 Å². The zero-order valence-corrected chi connectivity index (χ0v) is 11.2. The Morgan fingerprint density at radius 1 is 1.00 bits per heavy atom. The molecule has 0 amide bonds. The monoisotopic (exact) mass is 236 g/mol. The number of hydrogen-bond donors (Lipinski definition) is 0. The van der Waals surface area contributed by atoms with Crippen molar-refractivity contribution in [3.05, 3.63) is 83.4 Å². The van der Waals surface area contributed by atoms with Crippen molar-refractivity contribution in [1.82, 2.24) is 0 Å². The minimum atomic E-state index is 0.421. The van der Waals surface area contributed by atoms with Gasteiger partial charge in [-0.2, -0.15) is 0 Å². The molecule has 0 aromatic heterocycles. The Bertz CT molecular complexity index is 523. The number of aryl methyl sites for hydroxylation is 1. The average Bonchev–Trinajstić information content (AvgIpc) is 2.38. The summed E-state index contributed by atoms with van der Waals surface area (Å²) in [5, 5.41) is 0. The molecule has 0 saturated heterocycles. The lowest BCUT2D eigenvalue weighted by Crippen LogP contribution is -2.03. The van der Waals surface area contributed by atoms with Crippen molar-refractivity contribution >= 4 is 0 Å². The molecule has 0 radical (unpaired) electrons. The molecule has 0 N–H and O–H groups in total. The minimum absolute atomic E-state index is 0.421. The van der Waals surface area contributed by atoms with Crippen LogP contribution >= 0.6 is 0 Å². The van der Waals surface area contributed by atoms with E-state index < -0.39 is 0 Å². The highest BCUT2D eigenvalue weighted by Gasteiger charge is 2.15. The van der Waals surface area contributed by atoms with Gasteiger partial charge in [0.1, 0.15) is 0 Å². The van der Waals surface area contributed by atoms with E-state index in [0.29, 0.717) is 5.92 Å². The molecule has 18 heavy (non-hydrogen) atoms. The van der Waals surface area contributed by atoms with Crippen LogP contribution in [0.5, 0.6) is 0 Å². The number of benzene rings is 2.